The number of hydrogen-bond acceptors (Lipinski definition) is 8. The first-order chi connectivity index (χ1) is 11.4. The number of thiocarbonyl (C=S) groups is 1. The van der Waals surface area contributed by atoms with Crippen molar-refractivity contribution in [2.45, 2.75) is 38.6 Å². The Balaban J connectivity index is 1.98. The third kappa shape index (κ3) is 5.29. The highest BCUT2D eigenvalue weighted by molar-refractivity contribution is 8.23. The maximum Gasteiger partial charge on any atom is 0.303 e. The van der Waals surface area contributed by atoms with E-state index in [9.17, 15) is 14.4 Å². The Bertz CT molecular complexity index is 564. The lowest BCUT2D eigenvalue weighted by molar-refractivity contribution is -0.165. The van der Waals surface area contributed by atoms with E-state index in [-0.39, 0.29) is 18.9 Å². The second-order valence-corrected chi connectivity index (χ2v) is 7.07. The quantitative estimate of drug-likeness (QED) is 0.402. The van der Waals surface area contributed by atoms with Crippen LogP contribution in [0.3, 0.4) is 0 Å². The smallest absolute Gasteiger partial charge is 0.303 e. The summed E-state index contributed by atoms with van der Waals surface area (Å²) in [4.78, 5) is 36.0. The molecule has 3 atom stereocenters. The number of thioether (sulfide) groups is 1. The molecule has 2 rings (SSSR count). The van der Waals surface area contributed by atoms with Gasteiger partial charge in [0.1, 0.15) is 23.1 Å². The van der Waals surface area contributed by atoms with E-state index in [2.05, 4.69) is 0 Å². The van der Waals surface area contributed by atoms with Gasteiger partial charge in [0.25, 0.3) is 0 Å². The molecule has 24 heavy (non-hydrogen) atoms. The molecule has 0 aromatic rings. The van der Waals surface area contributed by atoms with Crippen molar-refractivity contribution in [1.82, 2.24) is 4.90 Å². The zero-order chi connectivity index (χ0) is 17.7. The van der Waals surface area contributed by atoms with Crippen LogP contribution in [-0.4, -0.2) is 64.3 Å². The number of hydrogen-bond donors (Lipinski definition) is 0. The second-order valence-electron chi connectivity index (χ2n) is 5.34. The van der Waals surface area contributed by atoms with Crippen molar-refractivity contribution < 1.29 is 28.6 Å². The van der Waals surface area contributed by atoms with Crippen LogP contribution in [0.25, 0.3) is 0 Å². The number of ether oxygens (including phenoxy) is 3. The zero-order valence-corrected chi connectivity index (χ0v) is 15.1. The zero-order valence-electron chi connectivity index (χ0n) is 13.4. The molecule has 2 aliphatic heterocycles. The molecule has 0 spiro atoms. The van der Waals surface area contributed by atoms with Crippen molar-refractivity contribution in [2.24, 2.45) is 0 Å². The summed E-state index contributed by atoms with van der Waals surface area (Å²) >= 11 is 6.62. The van der Waals surface area contributed by atoms with Gasteiger partial charge in [-0.05, 0) is 6.08 Å². The molecule has 2 heterocycles. The summed E-state index contributed by atoms with van der Waals surface area (Å²) in [5.41, 5.74) is 0. The van der Waals surface area contributed by atoms with Gasteiger partial charge in [-0.15, -0.1) is 0 Å². The Hall–Kier alpha value is -1.45. The normalized spacial score (nSPS) is 26.3. The summed E-state index contributed by atoms with van der Waals surface area (Å²) in [5.74, 6) is -0.233. The van der Waals surface area contributed by atoms with Gasteiger partial charge in [-0.3, -0.25) is 19.3 Å². The lowest BCUT2D eigenvalue weighted by Crippen LogP contribution is -2.43. The van der Waals surface area contributed by atoms with Crippen LogP contribution >= 0.6 is 24.0 Å². The van der Waals surface area contributed by atoms with Crippen LogP contribution in [0.4, 0.5) is 0 Å². The van der Waals surface area contributed by atoms with Crippen molar-refractivity contribution in [3.63, 3.8) is 0 Å². The molecule has 0 unspecified atom stereocenters. The Morgan fingerprint density at radius 3 is 2.67 bits per heavy atom. The average Bonchev–Trinajstić information content (AvgIpc) is 2.93. The van der Waals surface area contributed by atoms with Gasteiger partial charge in [0.2, 0.25) is 5.91 Å². The average molecular weight is 373 g/mol. The van der Waals surface area contributed by atoms with Crippen molar-refractivity contribution in [1.29, 1.82) is 0 Å². The number of carbonyl (C=O) groups is 3. The third-order valence-corrected chi connectivity index (χ3v) is 4.85. The van der Waals surface area contributed by atoms with E-state index >= 15 is 0 Å². The first-order valence-corrected chi connectivity index (χ1v) is 8.87. The Kier molecular flexibility index (Phi) is 6.76. The molecule has 7 nitrogen and oxygen atoms in total. The van der Waals surface area contributed by atoms with Gasteiger partial charge < -0.3 is 14.2 Å². The molecule has 132 valence electrons. The molecule has 0 saturated carbocycles. The molecule has 1 amide bonds. The minimum absolute atomic E-state index is 0.0553. The third-order valence-electron chi connectivity index (χ3n) is 3.42. The Labute approximate surface area is 149 Å². The monoisotopic (exact) mass is 373 g/mol. The van der Waals surface area contributed by atoms with Gasteiger partial charge in [0.05, 0.1) is 12.5 Å². The fourth-order valence-corrected chi connectivity index (χ4v) is 3.60. The second kappa shape index (κ2) is 8.59. The number of rotatable bonds is 5. The summed E-state index contributed by atoms with van der Waals surface area (Å²) < 4.78 is 16.5. The molecule has 1 saturated heterocycles. The van der Waals surface area contributed by atoms with Crippen LogP contribution in [0.1, 0.15) is 20.3 Å². The van der Waals surface area contributed by atoms with Gasteiger partial charge in [0.15, 0.2) is 0 Å². The molecular weight excluding hydrogens is 354 g/mol. The summed E-state index contributed by atoms with van der Waals surface area (Å²) in [6, 6.07) is 0. The molecule has 9 heteroatoms. The largest absolute Gasteiger partial charge is 0.463 e. The molecule has 1 fully saturated rings. The summed E-state index contributed by atoms with van der Waals surface area (Å²) in [6.45, 7) is 3.12. The maximum absolute atomic E-state index is 12.3. The minimum atomic E-state index is -0.656. The predicted octanol–water partition coefficient (Wildman–Crippen LogP) is 1.06. The lowest BCUT2D eigenvalue weighted by atomic mass is 10.1. The highest BCUT2D eigenvalue weighted by atomic mass is 32.2. The standard InChI is InChI=1S/C15H19NO6S2/c1-9(17)20-8-13-12(21-10(2)18)4-3-11(22-13)7-14(19)16-5-6-24-15(16)23/h3-4,11-13H,5-8H2,1-2H3/t11-,12-,13-/m1/s1. The van der Waals surface area contributed by atoms with Crippen molar-refractivity contribution >= 4 is 46.1 Å². The molecule has 2 aliphatic rings. The molecule has 0 radical (unpaired) electrons. The van der Waals surface area contributed by atoms with Crippen LogP contribution in [-0.2, 0) is 28.6 Å². The molecule has 0 aliphatic carbocycles. The van der Waals surface area contributed by atoms with Gasteiger partial charge >= 0.3 is 11.9 Å². The highest BCUT2D eigenvalue weighted by Crippen LogP contribution is 2.23. The first-order valence-electron chi connectivity index (χ1n) is 7.48. The van der Waals surface area contributed by atoms with Gasteiger partial charge in [-0.25, -0.2) is 0 Å². The van der Waals surface area contributed by atoms with Crippen molar-refractivity contribution in [3.05, 3.63) is 12.2 Å². The summed E-state index contributed by atoms with van der Waals surface area (Å²) in [5, 5.41) is 0. The lowest BCUT2D eigenvalue weighted by Gasteiger charge is -2.31. The van der Waals surface area contributed by atoms with E-state index in [1.165, 1.54) is 25.6 Å². The highest BCUT2D eigenvalue weighted by Gasteiger charge is 2.33. The van der Waals surface area contributed by atoms with Crippen molar-refractivity contribution in [2.75, 3.05) is 18.9 Å². The van der Waals surface area contributed by atoms with Crippen molar-refractivity contribution in [3.8, 4) is 0 Å². The van der Waals surface area contributed by atoms with E-state index in [1.54, 1.807) is 17.1 Å². The van der Waals surface area contributed by atoms with E-state index in [1.807, 2.05) is 0 Å². The van der Waals surface area contributed by atoms with Gasteiger partial charge in [-0.1, -0.05) is 30.1 Å². The van der Waals surface area contributed by atoms with Crippen LogP contribution in [0.5, 0.6) is 0 Å². The Morgan fingerprint density at radius 1 is 1.33 bits per heavy atom. The van der Waals surface area contributed by atoms with E-state index in [0.29, 0.717) is 10.9 Å². The minimum Gasteiger partial charge on any atom is -0.463 e. The molecule has 0 bridgehead atoms. The number of esters is 2. The SMILES string of the molecule is CC(=O)OC[C@H]1O[C@@H](CC(=O)N2CCSC2=S)C=C[C@H]1OC(C)=O. The summed E-state index contributed by atoms with van der Waals surface area (Å²) in [6.07, 6.45) is 1.67. The summed E-state index contributed by atoms with van der Waals surface area (Å²) in [7, 11) is 0. The van der Waals surface area contributed by atoms with Crippen LogP contribution < -0.4 is 0 Å². The molecule has 0 N–H and O–H groups in total. The maximum atomic E-state index is 12.3. The Morgan fingerprint density at radius 2 is 2.08 bits per heavy atom. The topological polar surface area (TPSA) is 82.1 Å². The first kappa shape index (κ1) is 18.9. The predicted molar refractivity (Wildman–Crippen MR) is 91.4 cm³/mol. The van der Waals surface area contributed by atoms with Crippen LogP contribution in [0, 0.1) is 0 Å². The molecule has 0 aromatic heterocycles. The number of nitrogens with zero attached hydrogens (tertiary/aromatic N) is 1. The number of carbonyl (C=O) groups excluding carboxylic acids is 3. The fraction of sp³-hybridized carbons (Fsp3) is 0.600. The van der Waals surface area contributed by atoms with Crippen LogP contribution in [0.2, 0.25) is 0 Å². The van der Waals surface area contributed by atoms with Gasteiger partial charge in [0, 0.05) is 26.1 Å². The van der Waals surface area contributed by atoms with Gasteiger partial charge in [-0.2, -0.15) is 0 Å². The fourth-order valence-electron chi connectivity index (χ4n) is 2.36. The van der Waals surface area contributed by atoms with Crippen LogP contribution in [0.15, 0.2) is 12.2 Å². The molecular formula is C15H19NO6S2. The van der Waals surface area contributed by atoms with E-state index in [4.69, 9.17) is 26.4 Å². The van der Waals surface area contributed by atoms with E-state index in [0.717, 1.165) is 5.75 Å². The van der Waals surface area contributed by atoms with E-state index < -0.39 is 30.3 Å². The number of amides is 1. The molecule has 0 aromatic carbocycles.